The van der Waals surface area contributed by atoms with Gasteiger partial charge in [-0.15, -0.1) is 0 Å². The van der Waals surface area contributed by atoms with Crippen LogP contribution in [-0.2, 0) is 25.5 Å². The summed E-state index contributed by atoms with van der Waals surface area (Å²) >= 11 is 0. The van der Waals surface area contributed by atoms with Crippen molar-refractivity contribution in [1.29, 1.82) is 0 Å². The van der Waals surface area contributed by atoms with Crippen molar-refractivity contribution < 1.29 is 23.8 Å². The van der Waals surface area contributed by atoms with E-state index < -0.39 is 5.91 Å². The molecule has 1 aliphatic heterocycles. The lowest BCUT2D eigenvalue weighted by molar-refractivity contribution is -0.131. The second kappa shape index (κ2) is 9.24. The first-order valence-electron chi connectivity index (χ1n) is 7.99. The maximum Gasteiger partial charge on any atom is 0.243 e. The minimum Gasteiger partial charge on any atom is -0.496 e. The van der Waals surface area contributed by atoms with E-state index in [0.717, 1.165) is 11.3 Å². The molecule has 1 aliphatic rings. The Morgan fingerprint density at radius 3 is 2.92 bits per heavy atom. The fraction of sp³-hybridized carbons (Fsp3) is 0.529. The minimum atomic E-state index is -0.525. The number of nitrogens with one attached hydrogen (secondary N) is 1. The number of amides is 2. The zero-order valence-corrected chi connectivity index (χ0v) is 13.8. The van der Waals surface area contributed by atoms with Gasteiger partial charge in [0.15, 0.2) is 0 Å². The van der Waals surface area contributed by atoms with Crippen LogP contribution >= 0.6 is 0 Å². The monoisotopic (exact) mass is 336 g/mol. The molecule has 1 saturated heterocycles. The average molecular weight is 336 g/mol. The number of para-hydroxylation sites is 1. The summed E-state index contributed by atoms with van der Waals surface area (Å²) in [5.41, 5.74) is 6.08. The van der Waals surface area contributed by atoms with Crippen molar-refractivity contribution in [2.45, 2.75) is 31.4 Å². The van der Waals surface area contributed by atoms with Crippen molar-refractivity contribution in [3.63, 3.8) is 0 Å². The molecule has 1 aromatic carbocycles. The minimum absolute atomic E-state index is 0.0934. The summed E-state index contributed by atoms with van der Waals surface area (Å²) in [4.78, 5) is 23.1. The van der Waals surface area contributed by atoms with Gasteiger partial charge in [0.25, 0.3) is 0 Å². The number of hydrogen-bond donors (Lipinski definition) is 2. The maximum atomic E-state index is 12.2. The molecule has 2 rings (SSSR count). The van der Waals surface area contributed by atoms with E-state index in [1.807, 2.05) is 24.3 Å². The molecule has 0 aliphatic carbocycles. The molecule has 0 saturated carbocycles. The fourth-order valence-electron chi connectivity index (χ4n) is 2.68. The van der Waals surface area contributed by atoms with E-state index in [1.54, 1.807) is 7.11 Å². The molecule has 1 fully saturated rings. The molecule has 0 aromatic heterocycles. The SMILES string of the molecule is COc1ccccc1CCC(=O)N[C@@H]1COCC[C@@H]1OCC(N)=O. The molecule has 0 radical (unpaired) electrons. The van der Waals surface area contributed by atoms with Gasteiger partial charge in [-0.2, -0.15) is 0 Å². The Labute approximate surface area is 141 Å². The lowest BCUT2D eigenvalue weighted by Gasteiger charge is -2.31. The molecule has 3 N–H and O–H groups in total. The molecule has 1 aromatic rings. The van der Waals surface area contributed by atoms with E-state index in [1.165, 1.54) is 0 Å². The zero-order chi connectivity index (χ0) is 17.4. The van der Waals surface area contributed by atoms with Crippen LogP contribution in [-0.4, -0.2) is 50.9 Å². The molecule has 7 nitrogen and oxygen atoms in total. The number of ether oxygens (including phenoxy) is 3. The van der Waals surface area contributed by atoms with Crippen molar-refractivity contribution >= 4 is 11.8 Å². The first-order chi connectivity index (χ1) is 11.6. The summed E-state index contributed by atoms with van der Waals surface area (Å²) in [6.45, 7) is 0.749. The Balaban J connectivity index is 1.84. The number of rotatable bonds is 8. The summed E-state index contributed by atoms with van der Waals surface area (Å²) < 4.78 is 16.1. The van der Waals surface area contributed by atoms with Crippen LogP contribution in [0.15, 0.2) is 24.3 Å². The van der Waals surface area contributed by atoms with E-state index in [-0.39, 0.29) is 24.7 Å². The molecule has 2 atom stereocenters. The molecule has 1 heterocycles. The van der Waals surface area contributed by atoms with Crippen molar-refractivity contribution in [2.75, 3.05) is 26.9 Å². The number of primary amides is 1. The Hall–Kier alpha value is -2.12. The van der Waals surface area contributed by atoms with Gasteiger partial charge in [0.2, 0.25) is 11.8 Å². The van der Waals surface area contributed by atoms with Crippen LogP contribution in [0.5, 0.6) is 5.75 Å². The van der Waals surface area contributed by atoms with Crippen molar-refractivity contribution in [3.05, 3.63) is 29.8 Å². The summed E-state index contributed by atoms with van der Waals surface area (Å²) in [5, 5.41) is 2.92. The van der Waals surface area contributed by atoms with Gasteiger partial charge in [0.05, 0.1) is 25.9 Å². The van der Waals surface area contributed by atoms with Crippen LogP contribution < -0.4 is 15.8 Å². The number of nitrogens with two attached hydrogens (primary N) is 1. The van der Waals surface area contributed by atoms with Crippen LogP contribution in [0.2, 0.25) is 0 Å². The van der Waals surface area contributed by atoms with Crippen LogP contribution in [0, 0.1) is 0 Å². The molecular formula is C17H24N2O5. The third kappa shape index (κ3) is 5.50. The van der Waals surface area contributed by atoms with Gasteiger partial charge in [-0.3, -0.25) is 9.59 Å². The van der Waals surface area contributed by atoms with Gasteiger partial charge < -0.3 is 25.3 Å². The van der Waals surface area contributed by atoms with E-state index >= 15 is 0 Å². The predicted molar refractivity (Wildman–Crippen MR) is 87.6 cm³/mol. The highest BCUT2D eigenvalue weighted by Crippen LogP contribution is 2.19. The number of carbonyl (C=O) groups is 2. The molecule has 24 heavy (non-hydrogen) atoms. The summed E-state index contributed by atoms with van der Waals surface area (Å²) in [7, 11) is 1.61. The average Bonchev–Trinajstić information content (AvgIpc) is 2.59. The first-order valence-corrected chi connectivity index (χ1v) is 7.99. The lowest BCUT2D eigenvalue weighted by atomic mass is 10.0. The van der Waals surface area contributed by atoms with Crippen molar-refractivity contribution in [2.24, 2.45) is 5.73 Å². The van der Waals surface area contributed by atoms with E-state index in [0.29, 0.717) is 32.5 Å². The molecule has 132 valence electrons. The topological polar surface area (TPSA) is 99.9 Å². The Morgan fingerprint density at radius 2 is 2.17 bits per heavy atom. The number of aryl methyl sites for hydroxylation is 1. The van der Waals surface area contributed by atoms with E-state index in [4.69, 9.17) is 19.9 Å². The second-order valence-electron chi connectivity index (χ2n) is 5.67. The zero-order valence-electron chi connectivity index (χ0n) is 13.8. The van der Waals surface area contributed by atoms with E-state index in [9.17, 15) is 9.59 Å². The largest absolute Gasteiger partial charge is 0.496 e. The summed E-state index contributed by atoms with van der Waals surface area (Å²) in [6, 6.07) is 7.34. The van der Waals surface area contributed by atoms with Gasteiger partial charge in [-0.1, -0.05) is 18.2 Å². The summed E-state index contributed by atoms with van der Waals surface area (Å²) in [6.07, 6.45) is 1.27. The highest BCUT2D eigenvalue weighted by atomic mass is 16.5. The van der Waals surface area contributed by atoms with Crippen molar-refractivity contribution in [3.8, 4) is 5.75 Å². The standard InChI is InChI=1S/C17H24N2O5/c1-22-14-5-3-2-4-12(14)6-7-17(21)19-13-10-23-9-8-15(13)24-11-16(18)20/h2-5,13,15H,6-11H2,1H3,(H2,18,20)(H,19,21)/t13-,15+/m1/s1. The molecule has 0 bridgehead atoms. The Bertz CT molecular complexity index is 564. The third-order valence-corrected chi connectivity index (χ3v) is 3.89. The van der Waals surface area contributed by atoms with Gasteiger partial charge in [-0.05, 0) is 24.5 Å². The van der Waals surface area contributed by atoms with Crippen LogP contribution in [0.4, 0.5) is 0 Å². The molecule has 0 unspecified atom stereocenters. The summed E-state index contributed by atoms with van der Waals surface area (Å²) in [5.74, 6) is 0.154. The highest BCUT2D eigenvalue weighted by Gasteiger charge is 2.28. The van der Waals surface area contributed by atoms with Crippen LogP contribution in [0.25, 0.3) is 0 Å². The number of carbonyl (C=O) groups excluding carboxylic acids is 2. The first kappa shape index (κ1) is 18.2. The number of benzene rings is 1. The highest BCUT2D eigenvalue weighted by molar-refractivity contribution is 5.77. The van der Waals surface area contributed by atoms with Gasteiger partial charge >= 0.3 is 0 Å². The van der Waals surface area contributed by atoms with Gasteiger partial charge in [-0.25, -0.2) is 0 Å². The normalized spacial score (nSPS) is 20.4. The Kier molecular flexibility index (Phi) is 7.02. The van der Waals surface area contributed by atoms with Crippen LogP contribution in [0.3, 0.4) is 0 Å². The number of methoxy groups -OCH3 is 1. The van der Waals surface area contributed by atoms with Crippen LogP contribution in [0.1, 0.15) is 18.4 Å². The maximum absolute atomic E-state index is 12.2. The van der Waals surface area contributed by atoms with E-state index in [2.05, 4.69) is 5.32 Å². The smallest absolute Gasteiger partial charge is 0.243 e. The van der Waals surface area contributed by atoms with Gasteiger partial charge in [0.1, 0.15) is 12.4 Å². The fourth-order valence-corrected chi connectivity index (χ4v) is 2.68. The quantitative estimate of drug-likeness (QED) is 0.716. The Morgan fingerprint density at radius 1 is 1.38 bits per heavy atom. The molecular weight excluding hydrogens is 312 g/mol. The van der Waals surface area contributed by atoms with Gasteiger partial charge in [0, 0.05) is 13.0 Å². The van der Waals surface area contributed by atoms with Crippen molar-refractivity contribution in [1.82, 2.24) is 5.32 Å². The molecule has 2 amide bonds. The molecule has 7 heteroatoms. The number of hydrogen-bond acceptors (Lipinski definition) is 5. The third-order valence-electron chi connectivity index (χ3n) is 3.89. The second-order valence-corrected chi connectivity index (χ2v) is 5.67. The predicted octanol–water partition coefficient (Wildman–Crippen LogP) is 0.403. The molecule has 0 spiro atoms. The lowest BCUT2D eigenvalue weighted by Crippen LogP contribution is -2.51.